The average molecular weight is 269 g/mol. The molecule has 5 nitrogen and oxygen atoms in total. The number of hydrogen-bond donors (Lipinski definition) is 1. The van der Waals surface area contributed by atoms with E-state index in [4.69, 9.17) is 4.74 Å². The number of hydrogen-bond acceptors (Lipinski definition) is 3. The fraction of sp³-hybridized carbons (Fsp3) is 0.857. The molecule has 1 aliphatic carbocycles. The van der Waals surface area contributed by atoms with Crippen molar-refractivity contribution < 1.29 is 19.4 Å². The van der Waals surface area contributed by atoms with Gasteiger partial charge in [-0.1, -0.05) is 19.8 Å². The van der Waals surface area contributed by atoms with Crippen molar-refractivity contribution in [3.63, 3.8) is 0 Å². The van der Waals surface area contributed by atoms with Crippen molar-refractivity contribution in [2.75, 3.05) is 19.7 Å². The summed E-state index contributed by atoms with van der Waals surface area (Å²) in [6, 6.07) is 0. The van der Waals surface area contributed by atoms with Crippen molar-refractivity contribution in [2.24, 2.45) is 5.41 Å². The summed E-state index contributed by atoms with van der Waals surface area (Å²) in [5.74, 6) is -0.829. The molecule has 0 aromatic rings. The summed E-state index contributed by atoms with van der Waals surface area (Å²) in [5, 5.41) is 9.41. The van der Waals surface area contributed by atoms with Crippen LogP contribution in [0.3, 0.4) is 0 Å². The van der Waals surface area contributed by atoms with Crippen LogP contribution in [0.15, 0.2) is 0 Å². The van der Waals surface area contributed by atoms with E-state index in [2.05, 4.69) is 0 Å². The highest BCUT2D eigenvalue weighted by Crippen LogP contribution is 2.41. The number of ether oxygens (including phenoxy) is 1. The van der Waals surface area contributed by atoms with Crippen molar-refractivity contribution in [3.05, 3.63) is 0 Å². The monoisotopic (exact) mass is 269 g/mol. The van der Waals surface area contributed by atoms with Gasteiger partial charge in [-0.25, -0.2) is 0 Å². The molecular weight excluding hydrogens is 246 g/mol. The molecule has 1 atom stereocenters. The zero-order valence-electron chi connectivity index (χ0n) is 11.6. The molecule has 0 aromatic carbocycles. The number of carbonyl (C=O) groups excluding carboxylic acids is 1. The molecule has 108 valence electrons. The van der Waals surface area contributed by atoms with Gasteiger partial charge in [0.25, 0.3) is 0 Å². The molecule has 19 heavy (non-hydrogen) atoms. The lowest BCUT2D eigenvalue weighted by molar-refractivity contribution is -0.155. The van der Waals surface area contributed by atoms with E-state index in [-0.39, 0.29) is 18.4 Å². The van der Waals surface area contributed by atoms with Gasteiger partial charge in [0.15, 0.2) is 0 Å². The van der Waals surface area contributed by atoms with Gasteiger partial charge in [0.05, 0.1) is 18.1 Å². The number of carboxylic acids is 1. The summed E-state index contributed by atoms with van der Waals surface area (Å²) in [7, 11) is 0. The van der Waals surface area contributed by atoms with Crippen LogP contribution in [-0.2, 0) is 14.3 Å². The van der Waals surface area contributed by atoms with Gasteiger partial charge in [0.2, 0.25) is 5.91 Å². The van der Waals surface area contributed by atoms with E-state index in [1.165, 1.54) is 0 Å². The van der Waals surface area contributed by atoms with Crippen LogP contribution in [0.2, 0.25) is 0 Å². The van der Waals surface area contributed by atoms with Crippen molar-refractivity contribution in [1.82, 2.24) is 4.90 Å². The van der Waals surface area contributed by atoms with Gasteiger partial charge in [-0.05, 0) is 19.3 Å². The molecule has 1 heterocycles. The highest BCUT2D eigenvalue weighted by molar-refractivity contribution is 5.85. The molecule has 1 N–H and O–H groups in total. The second kappa shape index (κ2) is 5.90. The van der Waals surface area contributed by atoms with Crippen molar-refractivity contribution in [2.45, 2.75) is 51.6 Å². The van der Waals surface area contributed by atoms with Crippen LogP contribution in [0.25, 0.3) is 0 Å². The molecule has 0 bridgehead atoms. The average Bonchev–Trinajstić information content (AvgIpc) is 2.88. The van der Waals surface area contributed by atoms with Gasteiger partial charge in [0, 0.05) is 19.5 Å². The fourth-order valence-electron chi connectivity index (χ4n) is 3.11. The zero-order valence-corrected chi connectivity index (χ0v) is 11.6. The molecule has 0 radical (unpaired) electrons. The molecule has 1 aliphatic heterocycles. The second-order valence-corrected chi connectivity index (χ2v) is 5.71. The van der Waals surface area contributed by atoms with Crippen molar-refractivity contribution in [3.8, 4) is 0 Å². The van der Waals surface area contributed by atoms with E-state index in [1.54, 1.807) is 4.90 Å². The summed E-state index contributed by atoms with van der Waals surface area (Å²) >= 11 is 0. The lowest BCUT2D eigenvalue weighted by atomic mass is 9.82. The minimum atomic E-state index is -0.808. The predicted molar refractivity (Wildman–Crippen MR) is 69.8 cm³/mol. The maximum atomic E-state index is 12.3. The summed E-state index contributed by atoms with van der Waals surface area (Å²) in [6.45, 7) is 3.79. The van der Waals surface area contributed by atoms with E-state index in [0.29, 0.717) is 32.5 Å². The van der Waals surface area contributed by atoms with E-state index in [1.807, 2.05) is 6.92 Å². The minimum absolute atomic E-state index is 0.0222. The van der Waals surface area contributed by atoms with Gasteiger partial charge >= 0.3 is 5.97 Å². The molecule has 0 spiro atoms. The Kier molecular flexibility index (Phi) is 4.45. The molecule has 5 heteroatoms. The van der Waals surface area contributed by atoms with E-state index in [9.17, 15) is 14.7 Å². The smallest absolute Gasteiger partial charge is 0.310 e. The highest BCUT2D eigenvalue weighted by Gasteiger charge is 2.44. The van der Waals surface area contributed by atoms with E-state index >= 15 is 0 Å². The van der Waals surface area contributed by atoms with Crippen LogP contribution in [0.1, 0.15) is 45.4 Å². The van der Waals surface area contributed by atoms with Crippen LogP contribution in [0.4, 0.5) is 0 Å². The standard InChI is InChI=1S/C14H23NO4/c1-2-11-10-15(7-8-19-11)12(16)9-14(13(17)18)5-3-4-6-14/h11H,2-10H2,1H3,(H,17,18). The maximum absolute atomic E-state index is 12.3. The number of morpholine rings is 1. The van der Waals surface area contributed by atoms with Gasteiger partial charge in [-0.15, -0.1) is 0 Å². The number of carboxylic acid groups (broad SMARTS) is 1. The van der Waals surface area contributed by atoms with Crippen LogP contribution in [0.5, 0.6) is 0 Å². The van der Waals surface area contributed by atoms with E-state index < -0.39 is 11.4 Å². The quantitative estimate of drug-likeness (QED) is 0.843. The minimum Gasteiger partial charge on any atom is -0.481 e. The predicted octanol–water partition coefficient (Wildman–Crippen LogP) is 1.66. The zero-order chi connectivity index (χ0) is 13.9. The van der Waals surface area contributed by atoms with E-state index in [0.717, 1.165) is 19.3 Å². The molecule has 1 unspecified atom stereocenters. The molecule has 0 aromatic heterocycles. The van der Waals surface area contributed by atoms with Gasteiger partial charge in [-0.2, -0.15) is 0 Å². The molecule has 2 rings (SSSR count). The molecule has 1 saturated carbocycles. The van der Waals surface area contributed by atoms with Gasteiger partial charge in [0.1, 0.15) is 0 Å². The second-order valence-electron chi connectivity index (χ2n) is 5.71. The summed E-state index contributed by atoms with van der Waals surface area (Å²) in [5.41, 5.74) is -0.808. The number of amides is 1. The third-order valence-corrected chi connectivity index (χ3v) is 4.45. The summed E-state index contributed by atoms with van der Waals surface area (Å²) in [6.07, 6.45) is 4.24. The Morgan fingerprint density at radius 1 is 1.37 bits per heavy atom. The summed E-state index contributed by atoms with van der Waals surface area (Å²) < 4.78 is 5.54. The van der Waals surface area contributed by atoms with Crippen LogP contribution in [0, 0.1) is 5.41 Å². The first-order chi connectivity index (χ1) is 9.07. The Bertz CT molecular complexity index is 349. The third-order valence-electron chi connectivity index (χ3n) is 4.45. The van der Waals surface area contributed by atoms with Crippen LogP contribution in [-0.4, -0.2) is 47.7 Å². The fourth-order valence-corrected chi connectivity index (χ4v) is 3.11. The largest absolute Gasteiger partial charge is 0.481 e. The molecule has 2 aliphatic rings. The lowest BCUT2D eigenvalue weighted by Crippen LogP contribution is -2.47. The number of carbonyl (C=O) groups is 2. The Hall–Kier alpha value is -1.10. The Morgan fingerprint density at radius 3 is 2.63 bits per heavy atom. The Labute approximate surface area is 113 Å². The Balaban J connectivity index is 1.97. The first-order valence-electron chi connectivity index (χ1n) is 7.20. The maximum Gasteiger partial charge on any atom is 0.310 e. The van der Waals surface area contributed by atoms with Crippen LogP contribution < -0.4 is 0 Å². The van der Waals surface area contributed by atoms with Crippen LogP contribution >= 0.6 is 0 Å². The first kappa shape index (κ1) is 14.3. The van der Waals surface area contributed by atoms with Gasteiger partial charge < -0.3 is 14.7 Å². The van der Waals surface area contributed by atoms with Gasteiger partial charge in [-0.3, -0.25) is 9.59 Å². The van der Waals surface area contributed by atoms with Crippen molar-refractivity contribution >= 4 is 11.9 Å². The highest BCUT2D eigenvalue weighted by atomic mass is 16.5. The third kappa shape index (κ3) is 3.08. The molecule has 1 saturated heterocycles. The number of aliphatic carboxylic acids is 1. The SMILES string of the molecule is CCC1CN(C(=O)CC2(C(=O)O)CCCC2)CCO1. The molecule has 1 amide bonds. The topological polar surface area (TPSA) is 66.8 Å². The number of rotatable bonds is 4. The normalized spacial score (nSPS) is 26.4. The molecular formula is C14H23NO4. The summed E-state index contributed by atoms with van der Waals surface area (Å²) in [4.78, 5) is 25.6. The number of nitrogens with zero attached hydrogens (tertiary/aromatic N) is 1. The Morgan fingerprint density at radius 2 is 2.05 bits per heavy atom. The lowest BCUT2D eigenvalue weighted by Gasteiger charge is -2.34. The first-order valence-corrected chi connectivity index (χ1v) is 7.20. The molecule has 2 fully saturated rings. The van der Waals surface area contributed by atoms with Crippen molar-refractivity contribution in [1.29, 1.82) is 0 Å².